The van der Waals surface area contributed by atoms with E-state index in [0.717, 1.165) is 15.9 Å². The Morgan fingerprint density at radius 3 is 2.00 bits per heavy atom. The highest BCUT2D eigenvalue weighted by Crippen LogP contribution is 2.23. The molecule has 0 saturated heterocycles. The van der Waals surface area contributed by atoms with Crippen LogP contribution in [-0.2, 0) is 25.0 Å². The van der Waals surface area contributed by atoms with Crippen LogP contribution in [0.25, 0.3) is 0 Å². The van der Waals surface area contributed by atoms with Gasteiger partial charge in [-0.1, -0.05) is 29.8 Å². The van der Waals surface area contributed by atoms with Gasteiger partial charge in [0.25, 0.3) is 10.0 Å². The molecule has 0 spiro atoms. The first-order valence-corrected chi connectivity index (χ1v) is 13.2. The number of nitrogens with one attached hydrogen (secondary N) is 2. The molecule has 0 aromatic heterocycles. The van der Waals surface area contributed by atoms with Crippen LogP contribution in [0.3, 0.4) is 0 Å². The molecule has 186 valence electrons. The lowest BCUT2D eigenvalue weighted by atomic mass is 10.2. The number of halogens is 1. The van der Waals surface area contributed by atoms with Crippen molar-refractivity contribution in [1.29, 1.82) is 0 Å². The van der Waals surface area contributed by atoms with Gasteiger partial charge in [-0.3, -0.25) is 9.52 Å². The molecule has 3 rings (SSSR count). The van der Waals surface area contributed by atoms with E-state index >= 15 is 0 Å². The van der Waals surface area contributed by atoms with Gasteiger partial charge < -0.3 is 5.32 Å². The molecule has 0 bridgehead atoms. The van der Waals surface area contributed by atoms with Crippen molar-refractivity contribution in [3.63, 3.8) is 0 Å². The van der Waals surface area contributed by atoms with Crippen LogP contribution in [0.4, 0.5) is 21.5 Å². The lowest BCUT2D eigenvalue weighted by molar-refractivity contribution is -0.114. The number of nitrogens with zero attached hydrogens (tertiary/aromatic N) is 2. The first-order valence-electron chi connectivity index (χ1n) is 10.3. The molecule has 0 atom stereocenters. The van der Waals surface area contributed by atoms with Crippen LogP contribution in [0.2, 0.25) is 0 Å². The maximum absolute atomic E-state index is 14.3. The topological polar surface area (TPSA) is 116 Å². The van der Waals surface area contributed by atoms with Crippen LogP contribution in [0, 0.1) is 12.7 Å². The van der Waals surface area contributed by atoms with Crippen molar-refractivity contribution < 1.29 is 26.0 Å². The molecular formula is C23H25FN4O5S2. The second kappa shape index (κ2) is 10.4. The van der Waals surface area contributed by atoms with Crippen LogP contribution in [0.1, 0.15) is 5.56 Å². The van der Waals surface area contributed by atoms with Gasteiger partial charge >= 0.3 is 10.2 Å². The summed E-state index contributed by atoms with van der Waals surface area (Å²) in [4.78, 5) is 12.6. The molecule has 0 saturated carbocycles. The fraction of sp³-hybridized carbons (Fsp3) is 0.174. The maximum Gasteiger partial charge on any atom is 0.304 e. The lowest BCUT2D eigenvalue weighted by Crippen LogP contribution is -2.44. The molecule has 0 aliphatic heterocycles. The maximum atomic E-state index is 14.3. The molecule has 35 heavy (non-hydrogen) atoms. The minimum Gasteiger partial charge on any atom is -0.325 e. The van der Waals surface area contributed by atoms with Crippen LogP contribution in [0.5, 0.6) is 0 Å². The highest BCUT2D eigenvalue weighted by molar-refractivity contribution is 7.92. The normalized spacial score (nSPS) is 11.8. The third-order valence-corrected chi connectivity index (χ3v) is 8.10. The zero-order valence-corrected chi connectivity index (χ0v) is 20.9. The third-order valence-electron chi connectivity index (χ3n) is 4.90. The summed E-state index contributed by atoms with van der Waals surface area (Å²) in [7, 11) is -5.50. The van der Waals surface area contributed by atoms with Gasteiger partial charge in [-0.25, -0.2) is 17.1 Å². The Labute approximate surface area is 204 Å². The average molecular weight is 521 g/mol. The summed E-state index contributed by atoms with van der Waals surface area (Å²) in [5.41, 5.74) is 1.35. The zero-order valence-electron chi connectivity index (χ0n) is 19.3. The van der Waals surface area contributed by atoms with Gasteiger partial charge in [-0.2, -0.15) is 12.7 Å². The molecule has 0 fully saturated rings. The summed E-state index contributed by atoms with van der Waals surface area (Å²) in [6, 6.07) is 17.4. The monoisotopic (exact) mass is 520 g/mol. The number of amides is 1. The van der Waals surface area contributed by atoms with Gasteiger partial charge in [0.1, 0.15) is 12.4 Å². The molecule has 3 aromatic carbocycles. The fourth-order valence-corrected chi connectivity index (χ4v) is 5.16. The summed E-state index contributed by atoms with van der Waals surface area (Å²) in [5.74, 6) is -1.55. The Morgan fingerprint density at radius 2 is 1.43 bits per heavy atom. The van der Waals surface area contributed by atoms with E-state index in [0.29, 0.717) is 9.99 Å². The van der Waals surface area contributed by atoms with E-state index < -0.39 is 38.5 Å². The Balaban J connectivity index is 1.75. The minimum absolute atomic E-state index is 0.0285. The SMILES string of the molecule is Cc1ccc(NS(=O)(=O)c2ccc(NC(=O)CN(c3ccccc3F)S(=O)(=O)N(C)C)cc2)cc1. The van der Waals surface area contributed by atoms with Gasteiger partial charge in [-0.05, 0) is 55.5 Å². The van der Waals surface area contributed by atoms with Crippen molar-refractivity contribution in [3.05, 3.63) is 84.2 Å². The molecule has 0 unspecified atom stereocenters. The van der Waals surface area contributed by atoms with Gasteiger partial charge in [-0.15, -0.1) is 0 Å². The summed E-state index contributed by atoms with van der Waals surface area (Å²) in [6.07, 6.45) is 0. The molecule has 0 aliphatic carbocycles. The Kier molecular flexibility index (Phi) is 7.78. The molecule has 1 amide bonds. The summed E-state index contributed by atoms with van der Waals surface area (Å²) in [5, 5.41) is 2.51. The van der Waals surface area contributed by atoms with Crippen molar-refractivity contribution in [1.82, 2.24) is 4.31 Å². The Bertz CT molecular complexity index is 1410. The summed E-state index contributed by atoms with van der Waals surface area (Å²) >= 11 is 0. The van der Waals surface area contributed by atoms with E-state index in [2.05, 4.69) is 10.0 Å². The number of sulfonamides is 1. The predicted octanol–water partition coefficient (Wildman–Crippen LogP) is 3.19. The molecule has 0 aliphatic rings. The first-order chi connectivity index (χ1) is 16.4. The van der Waals surface area contributed by atoms with Crippen LogP contribution in [-0.4, -0.2) is 47.7 Å². The molecule has 0 radical (unpaired) electrons. The number of hydrogen-bond donors (Lipinski definition) is 2. The molecule has 2 N–H and O–H groups in total. The summed E-state index contributed by atoms with van der Waals surface area (Å²) in [6.45, 7) is 1.19. The van der Waals surface area contributed by atoms with Crippen LogP contribution in [0.15, 0.2) is 77.7 Å². The second-order valence-corrected chi connectivity index (χ2v) is 11.5. The standard InChI is InChI=1S/C23H25FN4O5S2/c1-17-8-10-19(11-9-17)26-34(30,31)20-14-12-18(13-15-20)25-23(29)16-28(35(32,33)27(2)3)22-7-5-4-6-21(22)24/h4-15,26H,16H2,1-3H3,(H,25,29). The molecular weight excluding hydrogens is 495 g/mol. The van der Waals surface area contributed by atoms with Crippen molar-refractivity contribution in [3.8, 4) is 0 Å². The number of para-hydroxylation sites is 1. The summed E-state index contributed by atoms with van der Waals surface area (Å²) < 4.78 is 69.0. The van der Waals surface area contributed by atoms with E-state index in [-0.39, 0.29) is 16.3 Å². The number of rotatable bonds is 9. The van der Waals surface area contributed by atoms with Crippen molar-refractivity contribution >= 4 is 43.2 Å². The molecule has 12 heteroatoms. The van der Waals surface area contributed by atoms with Gasteiger partial charge in [0, 0.05) is 25.5 Å². The number of benzene rings is 3. The predicted molar refractivity (Wildman–Crippen MR) is 133 cm³/mol. The molecule has 3 aromatic rings. The van der Waals surface area contributed by atoms with Crippen LogP contribution >= 0.6 is 0 Å². The van der Waals surface area contributed by atoms with E-state index in [4.69, 9.17) is 0 Å². The second-order valence-electron chi connectivity index (χ2n) is 7.79. The highest BCUT2D eigenvalue weighted by Gasteiger charge is 2.29. The average Bonchev–Trinajstić information content (AvgIpc) is 2.79. The van der Waals surface area contributed by atoms with E-state index in [9.17, 15) is 26.0 Å². The first kappa shape index (κ1) is 26.1. The van der Waals surface area contributed by atoms with Crippen LogP contribution < -0.4 is 14.3 Å². The number of anilines is 3. The van der Waals surface area contributed by atoms with Crippen molar-refractivity contribution in [2.24, 2.45) is 0 Å². The van der Waals surface area contributed by atoms with Gasteiger partial charge in [0.05, 0.1) is 10.6 Å². The third kappa shape index (κ3) is 6.35. The van der Waals surface area contributed by atoms with Crippen molar-refractivity contribution in [2.45, 2.75) is 11.8 Å². The number of aryl methyl sites for hydroxylation is 1. The van der Waals surface area contributed by atoms with E-state index in [1.165, 1.54) is 56.6 Å². The lowest BCUT2D eigenvalue weighted by Gasteiger charge is -2.27. The Morgan fingerprint density at radius 1 is 0.857 bits per heavy atom. The zero-order chi connectivity index (χ0) is 25.8. The van der Waals surface area contributed by atoms with Gasteiger partial charge in [0.15, 0.2) is 0 Å². The number of carbonyl (C=O) groups excluding carboxylic acids is 1. The molecule has 0 heterocycles. The van der Waals surface area contributed by atoms with Crippen molar-refractivity contribution in [2.75, 3.05) is 35.0 Å². The van der Waals surface area contributed by atoms with E-state index in [1.807, 2.05) is 6.92 Å². The minimum atomic E-state index is -4.18. The van der Waals surface area contributed by atoms with E-state index in [1.54, 1.807) is 24.3 Å². The quantitative estimate of drug-likeness (QED) is 0.450. The molecule has 9 nitrogen and oxygen atoms in total. The number of carbonyl (C=O) groups is 1. The Hall–Kier alpha value is -3.48. The highest BCUT2D eigenvalue weighted by atomic mass is 32.2. The largest absolute Gasteiger partial charge is 0.325 e. The number of hydrogen-bond acceptors (Lipinski definition) is 5. The van der Waals surface area contributed by atoms with Gasteiger partial charge in [0.2, 0.25) is 5.91 Å². The smallest absolute Gasteiger partial charge is 0.304 e. The fourth-order valence-electron chi connectivity index (χ4n) is 3.03.